The summed E-state index contributed by atoms with van der Waals surface area (Å²) in [6.45, 7) is 9.71. The van der Waals surface area contributed by atoms with E-state index in [1.54, 1.807) is 0 Å². The Kier molecular flexibility index (Phi) is 5.05. The predicted molar refractivity (Wildman–Crippen MR) is 123 cm³/mol. The normalized spacial score (nSPS) is 58.2. The molecule has 3 saturated carbocycles. The molecule has 0 radical (unpaired) electrons. The lowest BCUT2D eigenvalue weighted by Crippen LogP contribution is -2.60. The van der Waals surface area contributed by atoms with Crippen molar-refractivity contribution < 1.29 is 24.9 Å². The van der Waals surface area contributed by atoms with E-state index < -0.39 is 23.7 Å². The van der Waals surface area contributed by atoms with E-state index >= 15 is 0 Å². The second-order valence-electron chi connectivity index (χ2n) is 12.7. The summed E-state index contributed by atoms with van der Waals surface area (Å²) in [7, 11) is 0. The fraction of sp³-hybridized carbons (Fsp3) is 0.889. The third-order valence-electron chi connectivity index (χ3n) is 11.3. The van der Waals surface area contributed by atoms with Crippen molar-refractivity contribution in [3.8, 4) is 0 Å². The predicted octanol–water partition coefficient (Wildman–Crippen LogP) is 2.20. The topological polar surface area (TPSA) is 99.0 Å². The van der Waals surface area contributed by atoms with Crippen molar-refractivity contribution in [1.82, 2.24) is 5.32 Å². The van der Waals surface area contributed by atoms with Crippen molar-refractivity contribution in [1.29, 1.82) is 0 Å². The molecule has 2 heterocycles. The molecule has 0 aromatic carbocycles. The summed E-state index contributed by atoms with van der Waals surface area (Å²) in [6, 6.07) is 0.331. The third kappa shape index (κ3) is 2.82. The lowest BCUT2D eigenvalue weighted by molar-refractivity contribution is -0.187. The van der Waals surface area contributed by atoms with Gasteiger partial charge in [-0.25, -0.2) is 0 Å². The zero-order chi connectivity index (χ0) is 23.4. The maximum atomic E-state index is 14.2. The second kappa shape index (κ2) is 7.36. The molecule has 2 saturated heterocycles. The molecule has 0 aromatic heterocycles. The summed E-state index contributed by atoms with van der Waals surface area (Å²) in [5.74, 6) is 0.771. The van der Waals surface area contributed by atoms with E-state index in [1.165, 1.54) is 0 Å². The molecular formula is C27H41NO5. The minimum atomic E-state index is -0.775. The Morgan fingerprint density at radius 3 is 2.61 bits per heavy atom. The molecule has 4 aliphatic carbocycles. The first-order valence-corrected chi connectivity index (χ1v) is 13.3. The van der Waals surface area contributed by atoms with Gasteiger partial charge in [0.25, 0.3) is 0 Å². The van der Waals surface area contributed by atoms with Gasteiger partial charge in [0.15, 0.2) is 5.78 Å². The van der Waals surface area contributed by atoms with Crippen molar-refractivity contribution in [2.24, 2.45) is 40.9 Å². The van der Waals surface area contributed by atoms with Gasteiger partial charge in [0, 0.05) is 28.9 Å². The summed E-state index contributed by atoms with van der Waals surface area (Å²) in [5.41, 5.74) is 0.988. The highest BCUT2D eigenvalue weighted by atomic mass is 16.5. The summed E-state index contributed by atoms with van der Waals surface area (Å²) >= 11 is 0. The van der Waals surface area contributed by atoms with Gasteiger partial charge < -0.3 is 25.4 Å². The van der Waals surface area contributed by atoms with Gasteiger partial charge in [-0.1, -0.05) is 20.8 Å². The highest BCUT2D eigenvalue weighted by molar-refractivity contribution is 6.02. The third-order valence-corrected chi connectivity index (χ3v) is 11.3. The van der Waals surface area contributed by atoms with Crippen LogP contribution in [-0.4, -0.2) is 63.7 Å². The first kappa shape index (κ1) is 22.7. The van der Waals surface area contributed by atoms with Crippen LogP contribution in [-0.2, 0) is 9.53 Å². The second-order valence-corrected chi connectivity index (χ2v) is 12.7. The SMILES string of the molecule is CC1=C2C(=O)C3C(CC(O)C4CC(O)CC(O)C43C)C2CCC12OC1CC(C)CNC1C2C. The maximum Gasteiger partial charge on any atom is 0.163 e. The molecule has 2 aliphatic heterocycles. The summed E-state index contributed by atoms with van der Waals surface area (Å²) < 4.78 is 6.88. The van der Waals surface area contributed by atoms with Gasteiger partial charge in [-0.2, -0.15) is 0 Å². The van der Waals surface area contributed by atoms with Crippen LogP contribution >= 0.6 is 0 Å². The van der Waals surface area contributed by atoms with E-state index in [9.17, 15) is 20.1 Å². The molecule has 0 bridgehead atoms. The number of ketones is 1. The number of aliphatic hydroxyl groups excluding tert-OH is 3. The van der Waals surface area contributed by atoms with Crippen LogP contribution in [0.25, 0.3) is 0 Å². The van der Waals surface area contributed by atoms with Crippen LogP contribution in [0.4, 0.5) is 0 Å². The highest BCUT2D eigenvalue weighted by Gasteiger charge is 2.67. The number of nitrogens with one attached hydrogen (secondary N) is 1. The number of ether oxygens (including phenoxy) is 1. The first-order chi connectivity index (χ1) is 15.6. The Morgan fingerprint density at radius 2 is 1.85 bits per heavy atom. The molecule has 0 aromatic rings. The zero-order valence-electron chi connectivity index (χ0n) is 20.5. The lowest BCUT2D eigenvalue weighted by Gasteiger charge is -2.56. The Labute approximate surface area is 197 Å². The first-order valence-electron chi connectivity index (χ1n) is 13.3. The van der Waals surface area contributed by atoms with Gasteiger partial charge in [-0.15, -0.1) is 0 Å². The molecule has 184 valence electrons. The monoisotopic (exact) mass is 459 g/mol. The average molecular weight is 460 g/mol. The number of Topliss-reactive ketones (excluding diaryl/α,β-unsaturated/α-hetero) is 1. The number of rotatable bonds is 0. The Balaban J connectivity index is 1.41. The van der Waals surface area contributed by atoms with E-state index in [1.807, 2.05) is 6.92 Å². The molecular weight excluding hydrogens is 418 g/mol. The molecule has 6 aliphatic rings. The van der Waals surface area contributed by atoms with E-state index in [0.717, 1.165) is 37.0 Å². The lowest BCUT2D eigenvalue weighted by atomic mass is 9.50. The minimum absolute atomic E-state index is 0.0677. The van der Waals surface area contributed by atoms with Crippen molar-refractivity contribution in [2.75, 3.05) is 6.54 Å². The van der Waals surface area contributed by atoms with Gasteiger partial charge in [0.05, 0.1) is 30.0 Å². The molecule has 13 atom stereocenters. The summed E-state index contributed by atoms with van der Waals surface area (Å²) in [5, 5.41) is 36.3. The quantitative estimate of drug-likeness (QED) is 0.443. The van der Waals surface area contributed by atoms with E-state index in [2.05, 4.69) is 26.1 Å². The fourth-order valence-electron chi connectivity index (χ4n) is 9.60. The molecule has 4 N–H and O–H groups in total. The van der Waals surface area contributed by atoms with Crippen molar-refractivity contribution in [3.05, 3.63) is 11.1 Å². The number of piperidine rings is 1. The smallest absolute Gasteiger partial charge is 0.163 e. The van der Waals surface area contributed by atoms with E-state index in [4.69, 9.17) is 4.74 Å². The number of hydrogen-bond donors (Lipinski definition) is 4. The van der Waals surface area contributed by atoms with Crippen LogP contribution < -0.4 is 5.32 Å². The Morgan fingerprint density at radius 1 is 1.09 bits per heavy atom. The number of carbonyl (C=O) groups excluding carboxylic acids is 1. The summed E-state index contributed by atoms with van der Waals surface area (Å²) in [6.07, 6.45) is 2.46. The van der Waals surface area contributed by atoms with Crippen molar-refractivity contribution in [2.45, 2.75) is 102 Å². The highest BCUT2D eigenvalue weighted by Crippen LogP contribution is 2.65. The van der Waals surface area contributed by atoms with E-state index in [0.29, 0.717) is 30.7 Å². The molecule has 1 spiro atoms. The Hall–Kier alpha value is -0.790. The molecule has 5 fully saturated rings. The van der Waals surface area contributed by atoms with Crippen molar-refractivity contribution in [3.63, 3.8) is 0 Å². The van der Waals surface area contributed by atoms with Gasteiger partial charge in [-0.3, -0.25) is 4.79 Å². The fourth-order valence-corrected chi connectivity index (χ4v) is 9.60. The molecule has 6 rings (SSSR count). The molecule has 6 nitrogen and oxygen atoms in total. The number of fused-ring (bicyclic) bond motifs is 6. The largest absolute Gasteiger partial charge is 0.393 e. The average Bonchev–Trinajstić information content (AvgIpc) is 3.19. The zero-order valence-corrected chi connectivity index (χ0v) is 20.5. The summed E-state index contributed by atoms with van der Waals surface area (Å²) in [4.78, 5) is 14.2. The number of hydrogen-bond acceptors (Lipinski definition) is 6. The van der Waals surface area contributed by atoms with Crippen LogP contribution in [0, 0.1) is 40.9 Å². The minimum Gasteiger partial charge on any atom is -0.393 e. The molecule has 33 heavy (non-hydrogen) atoms. The van der Waals surface area contributed by atoms with Gasteiger partial charge in [-0.05, 0) is 81.2 Å². The van der Waals surface area contributed by atoms with Crippen LogP contribution in [0.1, 0.15) is 66.2 Å². The molecule has 6 heteroatoms. The number of allylic oxidation sites excluding steroid dienone is 1. The van der Waals surface area contributed by atoms with E-state index in [-0.39, 0.29) is 47.6 Å². The van der Waals surface area contributed by atoms with Gasteiger partial charge >= 0.3 is 0 Å². The van der Waals surface area contributed by atoms with Crippen molar-refractivity contribution >= 4 is 5.78 Å². The van der Waals surface area contributed by atoms with Gasteiger partial charge in [0.2, 0.25) is 0 Å². The molecule has 13 unspecified atom stereocenters. The number of carbonyl (C=O) groups is 1. The maximum absolute atomic E-state index is 14.2. The van der Waals surface area contributed by atoms with Crippen LogP contribution in [0.5, 0.6) is 0 Å². The van der Waals surface area contributed by atoms with Crippen LogP contribution in [0.2, 0.25) is 0 Å². The standard InChI is InChI=1S/C27H41NO5/c1-12-7-20-24(28-11-12)14(3)27(33-20)6-5-16-17-10-19(30)18-8-15(29)9-21(31)26(18,4)23(17)25(32)22(16)13(27)2/h12,14-21,23-24,28-31H,5-11H2,1-4H3. The Bertz CT molecular complexity index is 888. The van der Waals surface area contributed by atoms with Gasteiger partial charge in [0.1, 0.15) is 0 Å². The number of aliphatic hydroxyl groups is 3. The molecule has 0 amide bonds. The van der Waals surface area contributed by atoms with Crippen LogP contribution in [0.3, 0.4) is 0 Å². The van der Waals surface area contributed by atoms with Crippen LogP contribution in [0.15, 0.2) is 11.1 Å².